The molecule has 0 saturated carbocycles. The molecule has 0 fully saturated rings. The van der Waals surface area contributed by atoms with Crippen molar-refractivity contribution >= 4 is 15.9 Å². The molecule has 4 heteroatoms. The second-order valence-corrected chi connectivity index (χ2v) is 4.19. The molecule has 1 aromatic rings. The van der Waals surface area contributed by atoms with Crippen LogP contribution in [0.2, 0.25) is 0 Å². The van der Waals surface area contributed by atoms with E-state index in [9.17, 15) is 0 Å². The van der Waals surface area contributed by atoms with Gasteiger partial charge in [-0.3, -0.25) is 4.98 Å². The van der Waals surface area contributed by atoms with Gasteiger partial charge in [0.2, 0.25) is 0 Å². The van der Waals surface area contributed by atoms with Gasteiger partial charge >= 0.3 is 0 Å². The van der Waals surface area contributed by atoms with Gasteiger partial charge in [-0.1, -0.05) is 0 Å². The average molecular weight is 259 g/mol. The summed E-state index contributed by atoms with van der Waals surface area (Å²) in [6.07, 6.45) is 2.57. The second-order valence-electron chi connectivity index (χ2n) is 3.28. The zero-order chi connectivity index (χ0) is 10.6. The Labute approximate surface area is 92.8 Å². The van der Waals surface area contributed by atoms with E-state index in [1.54, 1.807) is 13.3 Å². The lowest BCUT2D eigenvalue weighted by molar-refractivity contribution is 0.0953. The highest BCUT2D eigenvalue weighted by Crippen LogP contribution is 2.09. The van der Waals surface area contributed by atoms with Crippen LogP contribution >= 0.6 is 15.9 Å². The van der Waals surface area contributed by atoms with E-state index in [4.69, 9.17) is 10.5 Å². The number of nitrogens with two attached hydrogens (primary N) is 1. The number of ether oxygens (including phenoxy) is 1. The molecule has 0 spiro atoms. The zero-order valence-corrected chi connectivity index (χ0v) is 9.99. The van der Waals surface area contributed by atoms with Crippen molar-refractivity contribution in [3.8, 4) is 0 Å². The molecule has 1 rings (SSSR count). The number of halogens is 1. The predicted octanol–water partition coefficient (Wildman–Crippen LogP) is 1.75. The summed E-state index contributed by atoms with van der Waals surface area (Å²) in [5.74, 6) is 0. The smallest absolute Gasteiger partial charge is 0.0697 e. The summed E-state index contributed by atoms with van der Waals surface area (Å²) in [7, 11) is 1.67. The highest BCUT2D eigenvalue weighted by atomic mass is 79.9. The van der Waals surface area contributed by atoms with Crippen molar-refractivity contribution in [2.45, 2.75) is 25.5 Å². The SMILES string of the molecule is COC(C)C(N)Cc1ccc(Br)cn1. The molecular weight excluding hydrogens is 244 g/mol. The normalized spacial score (nSPS) is 15.1. The van der Waals surface area contributed by atoms with Gasteiger partial charge in [-0.05, 0) is 35.0 Å². The van der Waals surface area contributed by atoms with Gasteiger partial charge in [0.15, 0.2) is 0 Å². The van der Waals surface area contributed by atoms with Crippen LogP contribution in [0.1, 0.15) is 12.6 Å². The summed E-state index contributed by atoms with van der Waals surface area (Å²) < 4.78 is 6.13. The molecule has 0 radical (unpaired) electrons. The minimum atomic E-state index is -0.00586. The molecule has 0 aromatic carbocycles. The Morgan fingerprint density at radius 2 is 2.29 bits per heavy atom. The van der Waals surface area contributed by atoms with Crippen molar-refractivity contribution < 1.29 is 4.74 Å². The van der Waals surface area contributed by atoms with Gasteiger partial charge in [-0.25, -0.2) is 0 Å². The summed E-state index contributed by atoms with van der Waals surface area (Å²) in [6.45, 7) is 1.96. The van der Waals surface area contributed by atoms with Crippen LogP contribution in [0.4, 0.5) is 0 Å². The van der Waals surface area contributed by atoms with Crippen LogP contribution in [0, 0.1) is 0 Å². The van der Waals surface area contributed by atoms with E-state index < -0.39 is 0 Å². The minimum Gasteiger partial charge on any atom is -0.380 e. The Kier molecular flexibility index (Phi) is 4.51. The van der Waals surface area contributed by atoms with Gasteiger partial charge in [0, 0.05) is 35.9 Å². The Hall–Kier alpha value is -0.450. The van der Waals surface area contributed by atoms with Crippen LogP contribution in [0.3, 0.4) is 0 Å². The molecule has 2 N–H and O–H groups in total. The van der Waals surface area contributed by atoms with Crippen molar-refractivity contribution in [3.05, 3.63) is 28.5 Å². The van der Waals surface area contributed by atoms with Crippen molar-refractivity contribution in [2.75, 3.05) is 7.11 Å². The molecule has 2 unspecified atom stereocenters. The van der Waals surface area contributed by atoms with Crippen LogP contribution in [0.5, 0.6) is 0 Å². The van der Waals surface area contributed by atoms with Gasteiger partial charge in [0.05, 0.1) is 6.10 Å². The van der Waals surface area contributed by atoms with Gasteiger partial charge < -0.3 is 10.5 Å². The number of rotatable bonds is 4. The first-order valence-corrected chi connectivity index (χ1v) is 5.31. The van der Waals surface area contributed by atoms with Crippen molar-refractivity contribution in [1.29, 1.82) is 0 Å². The number of nitrogens with zero attached hydrogens (tertiary/aromatic N) is 1. The van der Waals surface area contributed by atoms with Crippen molar-refractivity contribution in [2.24, 2.45) is 5.73 Å². The van der Waals surface area contributed by atoms with Gasteiger partial charge in [-0.15, -0.1) is 0 Å². The molecule has 0 aliphatic rings. The van der Waals surface area contributed by atoms with Gasteiger partial charge in [0.25, 0.3) is 0 Å². The molecule has 1 aromatic heterocycles. The highest BCUT2D eigenvalue weighted by molar-refractivity contribution is 9.10. The van der Waals surface area contributed by atoms with Gasteiger partial charge in [-0.2, -0.15) is 0 Å². The summed E-state index contributed by atoms with van der Waals surface area (Å²) in [6, 6.07) is 3.92. The van der Waals surface area contributed by atoms with E-state index in [2.05, 4.69) is 20.9 Å². The summed E-state index contributed by atoms with van der Waals surface area (Å²) in [5.41, 5.74) is 6.91. The molecule has 78 valence electrons. The average Bonchev–Trinajstić information content (AvgIpc) is 2.20. The minimum absolute atomic E-state index is 0.00586. The predicted molar refractivity (Wildman–Crippen MR) is 60.1 cm³/mol. The molecule has 0 saturated heterocycles. The maximum atomic E-state index is 5.92. The Bertz CT molecular complexity index is 276. The third kappa shape index (κ3) is 3.36. The molecule has 14 heavy (non-hydrogen) atoms. The fourth-order valence-corrected chi connectivity index (χ4v) is 1.34. The number of hydrogen-bond donors (Lipinski definition) is 1. The first kappa shape index (κ1) is 11.6. The van der Waals surface area contributed by atoms with E-state index in [1.165, 1.54) is 0 Å². The lowest BCUT2D eigenvalue weighted by atomic mass is 10.1. The Balaban J connectivity index is 2.56. The maximum absolute atomic E-state index is 5.92. The van der Waals surface area contributed by atoms with E-state index in [-0.39, 0.29) is 12.1 Å². The monoisotopic (exact) mass is 258 g/mol. The molecule has 0 aliphatic carbocycles. The first-order chi connectivity index (χ1) is 6.63. The van der Waals surface area contributed by atoms with Crippen LogP contribution in [0.25, 0.3) is 0 Å². The number of methoxy groups -OCH3 is 1. The zero-order valence-electron chi connectivity index (χ0n) is 8.40. The van der Waals surface area contributed by atoms with Crippen LogP contribution < -0.4 is 5.73 Å². The topological polar surface area (TPSA) is 48.1 Å². The largest absolute Gasteiger partial charge is 0.380 e. The quantitative estimate of drug-likeness (QED) is 0.896. The van der Waals surface area contributed by atoms with E-state index >= 15 is 0 Å². The van der Waals surface area contributed by atoms with Crippen molar-refractivity contribution in [3.63, 3.8) is 0 Å². The number of hydrogen-bond acceptors (Lipinski definition) is 3. The van der Waals surface area contributed by atoms with Crippen molar-refractivity contribution in [1.82, 2.24) is 4.98 Å². The van der Waals surface area contributed by atoms with Gasteiger partial charge in [0.1, 0.15) is 0 Å². The molecular formula is C10H15BrN2O. The summed E-state index contributed by atoms with van der Waals surface area (Å²) in [5, 5.41) is 0. The maximum Gasteiger partial charge on any atom is 0.0697 e. The molecule has 2 atom stereocenters. The fourth-order valence-electron chi connectivity index (χ4n) is 1.11. The van der Waals surface area contributed by atoms with E-state index in [1.807, 2.05) is 19.1 Å². The van der Waals surface area contributed by atoms with Crippen LogP contribution in [-0.2, 0) is 11.2 Å². The lowest BCUT2D eigenvalue weighted by Crippen LogP contribution is -2.36. The molecule has 0 bridgehead atoms. The third-order valence-electron chi connectivity index (χ3n) is 2.21. The standard InChI is InChI=1S/C10H15BrN2O/c1-7(14-2)10(12)5-9-4-3-8(11)6-13-9/h3-4,6-7,10H,5,12H2,1-2H3. The Morgan fingerprint density at radius 1 is 1.57 bits per heavy atom. The lowest BCUT2D eigenvalue weighted by Gasteiger charge is -2.17. The first-order valence-electron chi connectivity index (χ1n) is 4.52. The third-order valence-corrected chi connectivity index (χ3v) is 2.68. The highest BCUT2D eigenvalue weighted by Gasteiger charge is 2.12. The summed E-state index contributed by atoms with van der Waals surface area (Å²) in [4.78, 5) is 4.25. The van der Waals surface area contributed by atoms with Crippen LogP contribution in [-0.4, -0.2) is 24.2 Å². The summed E-state index contributed by atoms with van der Waals surface area (Å²) >= 11 is 3.34. The fraction of sp³-hybridized carbons (Fsp3) is 0.500. The van der Waals surface area contributed by atoms with E-state index in [0.717, 1.165) is 16.6 Å². The Morgan fingerprint density at radius 3 is 2.79 bits per heavy atom. The molecule has 1 heterocycles. The molecule has 0 amide bonds. The van der Waals surface area contributed by atoms with E-state index in [0.29, 0.717) is 0 Å². The number of pyridine rings is 1. The second kappa shape index (κ2) is 5.44. The molecule has 3 nitrogen and oxygen atoms in total. The molecule has 0 aliphatic heterocycles. The van der Waals surface area contributed by atoms with Crippen LogP contribution in [0.15, 0.2) is 22.8 Å². The number of aromatic nitrogens is 1.